The maximum Gasteiger partial charge on any atom is 0.361 e. The van der Waals surface area contributed by atoms with E-state index in [4.69, 9.17) is 44.3 Å². The van der Waals surface area contributed by atoms with Crippen LogP contribution in [0.3, 0.4) is 0 Å². The van der Waals surface area contributed by atoms with Gasteiger partial charge >= 0.3 is 5.97 Å². The molecule has 0 spiro atoms. The molecule has 0 radical (unpaired) electrons. The number of carbonyl (C=O) groups excluding carboxylic acids is 2. The number of carbonyl (C=O) groups is 2. The van der Waals surface area contributed by atoms with Gasteiger partial charge in [0, 0.05) is 23.3 Å². The van der Waals surface area contributed by atoms with Crippen molar-refractivity contribution in [3.05, 3.63) is 74.5 Å². The molecule has 1 amide bonds. The van der Waals surface area contributed by atoms with Crippen LogP contribution in [0.2, 0.25) is 15.1 Å². The molecule has 2 aromatic carbocycles. The van der Waals surface area contributed by atoms with Crippen molar-refractivity contribution in [2.45, 2.75) is 40.0 Å². The third-order valence-corrected chi connectivity index (χ3v) is 5.19. The van der Waals surface area contributed by atoms with E-state index in [0.29, 0.717) is 28.4 Å². The smallest absolute Gasteiger partial charge is 0.361 e. The summed E-state index contributed by atoms with van der Waals surface area (Å²) >= 11 is 18.2. The predicted octanol–water partition coefficient (Wildman–Crippen LogP) is 6.26. The number of aromatic nitrogens is 2. The lowest BCUT2D eigenvalue weighted by atomic mass is 10.1. The first kappa shape index (κ1) is 24.9. The number of benzene rings is 2. The summed E-state index contributed by atoms with van der Waals surface area (Å²) in [7, 11) is 0. The van der Waals surface area contributed by atoms with Gasteiger partial charge in [0.25, 0.3) is 5.91 Å². The molecule has 1 heterocycles. The molecular weight excluding hydrogens is 489 g/mol. The fourth-order valence-electron chi connectivity index (χ4n) is 2.91. The molecule has 0 fully saturated rings. The molecule has 7 nitrogen and oxygen atoms in total. The summed E-state index contributed by atoms with van der Waals surface area (Å²) in [5, 5.41) is 7.92. The largest absolute Gasteiger partial charge is 0.486 e. The number of rotatable bonds is 8. The Morgan fingerprint density at radius 1 is 1.12 bits per heavy atom. The number of aryl methyl sites for hydroxylation is 1. The van der Waals surface area contributed by atoms with E-state index in [-0.39, 0.29) is 34.1 Å². The lowest BCUT2D eigenvalue weighted by Gasteiger charge is -2.11. The molecule has 33 heavy (non-hydrogen) atoms. The minimum Gasteiger partial charge on any atom is -0.486 e. The maximum atomic E-state index is 12.9. The van der Waals surface area contributed by atoms with Crippen molar-refractivity contribution in [1.82, 2.24) is 9.78 Å². The van der Waals surface area contributed by atoms with Crippen molar-refractivity contribution < 1.29 is 19.1 Å². The Morgan fingerprint density at radius 2 is 1.82 bits per heavy atom. The monoisotopic (exact) mass is 509 g/mol. The molecule has 0 atom stereocenters. The van der Waals surface area contributed by atoms with Crippen molar-refractivity contribution in [2.24, 2.45) is 0 Å². The summed E-state index contributed by atoms with van der Waals surface area (Å²) in [6.07, 6.45) is 1.28. The van der Waals surface area contributed by atoms with Gasteiger partial charge in [0.1, 0.15) is 6.61 Å². The van der Waals surface area contributed by atoms with E-state index < -0.39 is 11.9 Å². The van der Waals surface area contributed by atoms with E-state index in [1.165, 1.54) is 12.1 Å². The van der Waals surface area contributed by atoms with Crippen molar-refractivity contribution in [3.63, 3.8) is 0 Å². The Labute approximate surface area is 206 Å². The highest BCUT2D eigenvalue weighted by Gasteiger charge is 2.21. The van der Waals surface area contributed by atoms with Gasteiger partial charge in [-0.25, -0.2) is 4.79 Å². The Bertz CT molecular complexity index is 1150. The second kappa shape index (κ2) is 10.9. The van der Waals surface area contributed by atoms with Gasteiger partial charge in [-0.05, 0) is 50.6 Å². The molecule has 0 saturated heterocycles. The van der Waals surface area contributed by atoms with Crippen molar-refractivity contribution in [2.75, 3.05) is 5.32 Å². The van der Waals surface area contributed by atoms with Crippen LogP contribution in [0.5, 0.6) is 5.75 Å². The van der Waals surface area contributed by atoms with E-state index in [1.807, 2.05) is 6.92 Å². The first-order valence-corrected chi connectivity index (χ1v) is 11.3. The molecule has 0 aliphatic heterocycles. The van der Waals surface area contributed by atoms with Crippen LogP contribution in [-0.2, 0) is 17.9 Å². The van der Waals surface area contributed by atoms with Crippen LogP contribution in [-0.4, -0.2) is 27.8 Å². The number of nitrogens with zero attached hydrogens (tertiary/aromatic N) is 2. The standard InChI is InChI=1S/C23H22Cl3N3O4/c1-4-29-11-19(20(28-29)23(31)33-13(2)3)27-22(30)15-7-5-6-14(8-15)12-32-21-17(25)9-16(24)10-18(21)26/h5-11,13H,4,12H2,1-3H3,(H,27,30). The summed E-state index contributed by atoms with van der Waals surface area (Å²) in [6.45, 7) is 6.01. The second-order valence-electron chi connectivity index (χ2n) is 7.34. The van der Waals surface area contributed by atoms with Gasteiger partial charge in [-0.3, -0.25) is 9.48 Å². The first-order valence-electron chi connectivity index (χ1n) is 10.1. The zero-order valence-corrected chi connectivity index (χ0v) is 20.5. The number of anilines is 1. The van der Waals surface area contributed by atoms with Gasteiger partial charge in [0.15, 0.2) is 11.4 Å². The fourth-order valence-corrected chi connectivity index (χ4v) is 3.84. The molecule has 1 N–H and O–H groups in total. The molecule has 10 heteroatoms. The number of hydrogen-bond acceptors (Lipinski definition) is 5. The van der Waals surface area contributed by atoms with Crippen LogP contribution < -0.4 is 10.1 Å². The minimum absolute atomic E-state index is 0.0467. The molecule has 0 aliphatic carbocycles. The zero-order valence-electron chi connectivity index (χ0n) is 18.2. The van der Waals surface area contributed by atoms with Crippen LogP contribution >= 0.6 is 34.8 Å². The molecule has 174 valence electrons. The number of esters is 1. The van der Waals surface area contributed by atoms with Gasteiger partial charge in [-0.2, -0.15) is 5.10 Å². The van der Waals surface area contributed by atoms with E-state index in [1.54, 1.807) is 49.0 Å². The van der Waals surface area contributed by atoms with Gasteiger partial charge < -0.3 is 14.8 Å². The number of ether oxygens (including phenoxy) is 2. The average molecular weight is 511 g/mol. The minimum atomic E-state index is -0.605. The number of halogens is 3. The second-order valence-corrected chi connectivity index (χ2v) is 8.59. The van der Waals surface area contributed by atoms with E-state index >= 15 is 0 Å². The molecule has 3 rings (SSSR count). The summed E-state index contributed by atoms with van der Waals surface area (Å²) in [4.78, 5) is 25.3. The van der Waals surface area contributed by atoms with Crippen LogP contribution in [0.4, 0.5) is 5.69 Å². The molecule has 3 aromatic rings. The lowest BCUT2D eigenvalue weighted by molar-refractivity contribution is 0.0371. The highest BCUT2D eigenvalue weighted by molar-refractivity contribution is 6.40. The summed E-state index contributed by atoms with van der Waals surface area (Å²) < 4.78 is 12.5. The van der Waals surface area contributed by atoms with Gasteiger partial charge in [0.05, 0.1) is 21.8 Å². The van der Waals surface area contributed by atoms with E-state index in [2.05, 4.69) is 10.4 Å². The van der Waals surface area contributed by atoms with Gasteiger partial charge in [-0.1, -0.05) is 46.9 Å². The Morgan fingerprint density at radius 3 is 2.45 bits per heavy atom. The third kappa shape index (κ3) is 6.41. The molecule has 0 saturated carbocycles. The molecule has 0 unspecified atom stereocenters. The van der Waals surface area contributed by atoms with Gasteiger partial charge in [0.2, 0.25) is 0 Å². The predicted molar refractivity (Wildman–Crippen MR) is 129 cm³/mol. The molecular formula is C23H22Cl3N3O4. The average Bonchev–Trinajstić information content (AvgIpc) is 3.15. The van der Waals surface area contributed by atoms with E-state index in [9.17, 15) is 9.59 Å². The highest BCUT2D eigenvalue weighted by Crippen LogP contribution is 2.36. The summed E-state index contributed by atoms with van der Waals surface area (Å²) in [5.41, 5.74) is 1.41. The maximum absolute atomic E-state index is 12.9. The molecule has 0 bridgehead atoms. The fraction of sp³-hybridized carbons (Fsp3) is 0.261. The first-order chi connectivity index (χ1) is 15.7. The quantitative estimate of drug-likeness (QED) is 0.362. The Hall–Kier alpha value is -2.74. The van der Waals surface area contributed by atoms with Gasteiger partial charge in [-0.15, -0.1) is 0 Å². The Kier molecular flexibility index (Phi) is 8.24. The third-order valence-electron chi connectivity index (χ3n) is 4.41. The molecule has 1 aromatic heterocycles. The van der Waals surface area contributed by atoms with Crippen molar-refractivity contribution >= 4 is 52.4 Å². The van der Waals surface area contributed by atoms with Crippen molar-refractivity contribution in [3.8, 4) is 5.75 Å². The topological polar surface area (TPSA) is 82.5 Å². The van der Waals surface area contributed by atoms with Crippen LogP contribution in [0.15, 0.2) is 42.6 Å². The highest BCUT2D eigenvalue weighted by atomic mass is 35.5. The molecule has 0 aliphatic rings. The van der Waals surface area contributed by atoms with Crippen molar-refractivity contribution in [1.29, 1.82) is 0 Å². The summed E-state index contributed by atoms with van der Waals surface area (Å²) in [6, 6.07) is 9.91. The summed E-state index contributed by atoms with van der Waals surface area (Å²) in [5.74, 6) is -0.710. The normalized spacial score (nSPS) is 10.9. The SMILES string of the molecule is CCn1cc(NC(=O)c2cccc(COc3c(Cl)cc(Cl)cc3Cl)c2)c(C(=O)OC(C)C)n1. The van der Waals surface area contributed by atoms with Crippen LogP contribution in [0.25, 0.3) is 0 Å². The Balaban J connectivity index is 1.75. The van der Waals surface area contributed by atoms with E-state index in [0.717, 1.165) is 0 Å². The zero-order chi connectivity index (χ0) is 24.1. The van der Waals surface area contributed by atoms with Crippen LogP contribution in [0.1, 0.15) is 47.2 Å². The number of nitrogens with one attached hydrogen (secondary N) is 1. The number of hydrogen-bond donors (Lipinski definition) is 1. The number of amides is 1. The van der Waals surface area contributed by atoms with Crippen LogP contribution in [0, 0.1) is 0 Å². The lowest BCUT2D eigenvalue weighted by Crippen LogP contribution is -2.17.